The van der Waals surface area contributed by atoms with E-state index in [4.69, 9.17) is 20.4 Å². The van der Waals surface area contributed by atoms with Crippen LogP contribution in [0.5, 0.6) is 0 Å². The normalized spacial score (nSPS) is 8.84. The SMILES string of the molecule is C=C(CCC(=O)O)C(=O)O.O=C(O)CCCC(=O)O. The van der Waals surface area contributed by atoms with Gasteiger partial charge in [0.15, 0.2) is 0 Å². The molecule has 0 atom stereocenters. The number of hydrogen-bond donors (Lipinski definition) is 4. The van der Waals surface area contributed by atoms with E-state index in [-0.39, 0.29) is 37.7 Å². The summed E-state index contributed by atoms with van der Waals surface area (Å²) in [5.74, 6) is -4.05. The monoisotopic (exact) mass is 276 g/mol. The molecule has 0 unspecified atom stereocenters. The van der Waals surface area contributed by atoms with Gasteiger partial charge in [0.05, 0.1) is 0 Å². The van der Waals surface area contributed by atoms with Crippen LogP contribution in [0.15, 0.2) is 12.2 Å². The molecule has 0 amide bonds. The van der Waals surface area contributed by atoms with E-state index in [1.807, 2.05) is 0 Å². The van der Waals surface area contributed by atoms with E-state index >= 15 is 0 Å². The van der Waals surface area contributed by atoms with Crippen LogP contribution in [0.25, 0.3) is 0 Å². The molecule has 0 aliphatic rings. The van der Waals surface area contributed by atoms with Crippen molar-refractivity contribution in [3.63, 3.8) is 0 Å². The lowest BCUT2D eigenvalue weighted by Gasteiger charge is -1.94. The summed E-state index contributed by atoms with van der Waals surface area (Å²) < 4.78 is 0. The van der Waals surface area contributed by atoms with Crippen LogP contribution in [0.1, 0.15) is 32.1 Å². The third kappa shape index (κ3) is 18.2. The first kappa shape index (κ1) is 19.0. The van der Waals surface area contributed by atoms with E-state index < -0.39 is 23.9 Å². The Bertz CT molecular complexity index is 344. The van der Waals surface area contributed by atoms with Gasteiger partial charge in [-0.3, -0.25) is 14.4 Å². The lowest BCUT2D eigenvalue weighted by atomic mass is 10.2. The molecule has 0 aromatic heterocycles. The van der Waals surface area contributed by atoms with Crippen LogP contribution >= 0.6 is 0 Å². The predicted molar refractivity (Wildman–Crippen MR) is 62.8 cm³/mol. The van der Waals surface area contributed by atoms with Crippen molar-refractivity contribution in [2.45, 2.75) is 32.1 Å². The molecule has 0 radical (unpaired) electrons. The van der Waals surface area contributed by atoms with Crippen molar-refractivity contribution in [2.75, 3.05) is 0 Å². The van der Waals surface area contributed by atoms with Crippen LogP contribution in [0.4, 0.5) is 0 Å². The Kier molecular flexibility index (Phi) is 10.7. The van der Waals surface area contributed by atoms with Gasteiger partial charge >= 0.3 is 23.9 Å². The highest BCUT2D eigenvalue weighted by atomic mass is 16.4. The highest BCUT2D eigenvalue weighted by Gasteiger charge is 2.05. The number of carboxylic acid groups (broad SMARTS) is 4. The van der Waals surface area contributed by atoms with E-state index in [2.05, 4.69) is 6.58 Å². The Morgan fingerprint density at radius 1 is 0.684 bits per heavy atom. The third-order valence-electron chi connectivity index (χ3n) is 1.72. The van der Waals surface area contributed by atoms with Crippen LogP contribution < -0.4 is 0 Å². The van der Waals surface area contributed by atoms with Gasteiger partial charge in [-0.1, -0.05) is 6.58 Å². The van der Waals surface area contributed by atoms with Crippen LogP contribution in [0.2, 0.25) is 0 Å². The first-order valence-electron chi connectivity index (χ1n) is 5.23. The zero-order valence-corrected chi connectivity index (χ0v) is 10.2. The standard InChI is InChI=1S/C6H8O4.C5H8O4/c1-4(6(9)10)2-3-5(7)8;6-4(7)2-1-3-5(8)9/h1-3H2,(H,7,8)(H,9,10);1-3H2,(H,6,7)(H,8,9). The molecule has 0 spiro atoms. The summed E-state index contributed by atoms with van der Waals surface area (Å²) >= 11 is 0. The molecule has 0 aliphatic heterocycles. The van der Waals surface area contributed by atoms with Crippen LogP contribution in [-0.4, -0.2) is 44.3 Å². The minimum Gasteiger partial charge on any atom is -0.481 e. The number of hydrogen-bond acceptors (Lipinski definition) is 4. The van der Waals surface area contributed by atoms with Gasteiger partial charge in [-0.05, 0) is 12.8 Å². The van der Waals surface area contributed by atoms with E-state index in [0.717, 1.165) is 0 Å². The second-order valence-electron chi connectivity index (χ2n) is 3.44. The molecule has 0 bridgehead atoms. The van der Waals surface area contributed by atoms with E-state index in [9.17, 15) is 19.2 Å². The average Bonchev–Trinajstić information content (AvgIpc) is 2.25. The molecular weight excluding hydrogens is 260 g/mol. The highest BCUT2D eigenvalue weighted by Crippen LogP contribution is 2.01. The summed E-state index contributed by atoms with van der Waals surface area (Å²) in [6.07, 6.45) is -0.0843. The van der Waals surface area contributed by atoms with Crippen LogP contribution in [-0.2, 0) is 19.2 Å². The third-order valence-corrected chi connectivity index (χ3v) is 1.72. The minimum atomic E-state index is -1.14. The van der Waals surface area contributed by atoms with Gasteiger partial charge in [0.1, 0.15) is 0 Å². The van der Waals surface area contributed by atoms with Gasteiger partial charge in [0.2, 0.25) is 0 Å². The fraction of sp³-hybridized carbons (Fsp3) is 0.455. The molecule has 0 saturated carbocycles. The molecule has 108 valence electrons. The largest absolute Gasteiger partial charge is 0.481 e. The van der Waals surface area contributed by atoms with Crippen molar-refractivity contribution in [3.8, 4) is 0 Å². The summed E-state index contributed by atoms with van der Waals surface area (Å²) in [6.45, 7) is 3.16. The smallest absolute Gasteiger partial charge is 0.330 e. The first-order valence-corrected chi connectivity index (χ1v) is 5.23. The van der Waals surface area contributed by atoms with E-state index in [1.165, 1.54) is 0 Å². The Morgan fingerprint density at radius 3 is 1.32 bits per heavy atom. The van der Waals surface area contributed by atoms with Gasteiger partial charge in [-0.25, -0.2) is 4.79 Å². The summed E-state index contributed by atoms with van der Waals surface area (Å²) in [5.41, 5.74) is -0.0672. The number of carbonyl (C=O) groups is 4. The predicted octanol–water partition coefficient (Wildman–Crippen LogP) is 0.818. The number of aliphatic carboxylic acids is 4. The van der Waals surface area contributed by atoms with Gasteiger partial charge in [-0.15, -0.1) is 0 Å². The van der Waals surface area contributed by atoms with Crippen LogP contribution in [0, 0.1) is 0 Å². The van der Waals surface area contributed by atoms with Gasteiger partial charge in [-0.2, -0.15) is 0 Å². The molecule has 0 saturated heterocycles. The first-order chi connectivity index (χ1) is 8.66. The Labute approximate surface area is 109 Å². The zero-order chi connectivity index (χ0) is 15.4. The lowest BCUT2D eigenvalue weighted by molar-refractivity contribution is -0.139. The summed E-state index contributed by atoms with van der Waals surface area (Å²) in [6, 6.07) is 0. The number of carboxylic acids is 4. The zero-order valence-electron chi connectivity index (χ0n) is 10.2. The Morgan fingerprint density at radius 2 is 1.05 bits per heavy atom. The number of rotatable bonds is 8. The quantitative estimate of drug-likeness (QED) is 0.476. The van der Waals surface area contributed by atoms with Crippen molar-refractivity contribution in [1.82, 2.24) is 0 Å². The summed E-state index contributed by atoms with van der Waals surface area (Å²) in [4.78, 5) is 39.5. The maximum absolute atomic E-state index is 10.0. The average molecular weight is 276 g/mol. The molecule has 8 nitrogen and oxygen atoms in total. The maximum atomic E-state index is 10.0. The molecular formula is C11H16O8. The topological polar surface area (TPSA) is 149 Å². The minimum absolute atomic E-state index is 0.00463. The summed E-state index contributed by atoms with van der Waals surface area (Å²) in [7, 11) is 0. The van der Waals surface area contributed by atoms with Gasteiger partial charge in [0, 0.05) is 24.8 Å². The fourth-order valence-corrected chi connectivity index (χ4v) is 0.756. The van der Waals surface area contributed by atoms with Crippen molar-refractivity contribution in [1.29, 1.82) is 0 Å². The Hall–Kier alpha value is -2.38. The van der Waals surface area contributed by atoms with Crippen molar-refractivity contribution in [3.05, 3.63) is 12.2 Å². The van der Waals surface area contributed by atoms with E-state index in [0.29, 0.717) is 0 Å². The second kappa shape index (κ2) is 10.8. The van der Waals surface area contributed by atoms with Crippen LogP contribution in [0.3, 0.4) is 0 Å². The molecule has 19 heavy (non-hydrogen) atoms. The molecule has 8 heteroatoms. The highest BCUT2D eigenvalue weighted by molar-refractivity contribution is 5.86. The van der Waals surface area contributed by atoms with Crippen molar-refractivity contribution in [2.24, 2.45) is 0 Å². The van der Waals surface area contributed by atoms with Gasteiger partial charge < -0.3 is 20.4 Å². The molecule has 0 aliphatic carbocycles. The molecule has 0 aromatic rings. The van der Waals surface area contributed by atoms with Gasteiger partial charge in [0.25, 0.3) is 0 Å². The fourth-order valence-electron chi connectivity index (χ4n) is 0.756. The second-order valence-corrected chi connectivity index (χ2v) is 3.44. The molecule has 0 rings (SSSR count). The van der Waals surface area contributed by atoms with Crippen molar-refractivity contribution < 1.29 is 39.6 Å². The molecule has 0 aromatic carbocycles. The van der Waals surface area contributed by atoms with Crippen molar-refractivity contribution >= 4 is 23.9 Å². The Balaban J connectivity index is 0. The lowest BCUT2D eigenvalue weighted by Crippen LogP contribution is -2.02. The summed E-state index contributed by atoms with van der Waals surface area (Å²) in [5, 5.41) is 32.4. The van der Waals surface area contributed by atoms with E-state index in [1.54, 1.807) is 0 Å². The molecule has 0 fully saturated rings. The maximum Gasteiger partial charge on any atom is 0.330 e. The molecule has 4 N–H and O–H groups in total. The molecule has 0 heterocycles.